The standard InChI is InChI=1S/C11H13NO/c1-12-8-4-6-9-5-3-7-10(13-2)11(9)12/h3-7H,8H2,1-2H3. The number of methoxy groups -OCH3 is 1. The second kappa shape index (κ2) is 3.13. The molecule has 1 heterocycles. The van der Waals surface area contributed by atoms with Crippen LogP contribution < -0.4 is 9.64 Å². The van der Waals surface area contributed by atoms with Crippen molar-refractivity contribution in [2.24, 2.45) is 0 Å². The lowest BCUT2D eigenvalue weighted by Crippen LogP contribution is -2.20. The van der Waals surface area contributed by atoms with Gasteiger partial charge < -0.3 is 9.64 Å². The highest BCUT2D eigenvalue weighted by Crippen LogP contribution is 2.34. The van der Waals surface area contributed by atoms with Crippen molar-refractivity contribution in [3.63, 3.8) is 0 Å². The van der Waals surface area contributed by atoms with Crippen molar-refractivity contribution in [1.82, 2.24) is 0 Å². The van der Waals surface area contributed by atoms with Gasteiger partial charge in [-0.3, -0.25) is 0 Å². The quantitative estimate of drug-likeness (QED) is 0.648. The number of rotatable bonds is 1. The van der Waals surface area contributed by atoms with Gasteiger partial charge in [0.1, 0.15) is 5.75 Å². The molecule has 2 heteroatoms. The molecule has 2 nitrogen and oxygen atoms in total. The average molecular weight is 175 g/mol. The fourth-order valence-electron chi connectivity index (χ4n) is 1.68. The van der Waals surface area contributed by atoms with E-state index >= 15 is 0 Å². The number of hydrogen-bond acceptors (Lipinski definition) is 2. The van der Waals surface area contributed by atoms with Crippen LogP contribution in [0.5, 0.6) is 5.75 Å². The minimum absolute atomic E-state index is 0.948. The molecule has 1 aliphatic heterocycles. The molecular formula is C11H13NO. The molecule has 13 heavy (non-hydrogen) atoms. The highest BCUT2D eigenvalue weighted by Gasteiger charge is 2.13. The zero-order valence-corrected chi connectivity index (χ0v) is 7.95. The Hall–Kier alpha value is -1.44. The van der Waals surface area contributed by atoms with Crippen molar-refractivity contribution in [2.75, 3.05) is 25.6 Å². The van der Waals surface area contributed by atoms with Crippen LogP contribution in [-0.4, -0.2) is 20.7 Å². The van der Waals surface area contributed by atoms with Crippen molar-refractivity contribution in [3.8, 4) is 5.75 Å². The zero-order valence-electron chi connectivity index (χ0n) is 7.95. The number of nitrogens with zero attached hydrogens (tertiary/aromatic N) is 1. The highest BCUT2D eigenvalue weighted by atomic mass is 16.5. The maximum atomic E-state index is 5.31. The molecule has 68 valence electrons. The fraction of sp³-hybridized carbons (Fsp3) is 0.273. The summed E-state index contributed by atoms with van der Waals surface area (Å²) in [5.74, 6) is 0.948. The van der Waals surface area contributed by atoms with Crippen LogP contribution >= 0.6 is 0 Å². The first-order valence-corrected chi connectivity index (χ1v) is 4.37. The molecule has 0 atom stereocenters. The smallest absolute Gasteiger partial charge is 0.142 e. The largest absolute Gasteiger partial charge is 0.495 e. The first kappa shape index (κ1) is 8.17. The van der Waals surface area contributed by atoms with Crippen LogP contribution in [0.4, 0.5) is 5.69 Å². The third-order valence-electron chi connectivity index (χ3n) is 2.31. The van der Waals surface area contributed by atoms with Gasteiger partial charge in [-0.2, -0.15) is 0 Å². The minimum atomic E-state index is 0.948. The van der Waals surface area contributed by atoms with Gasteiger partial charge in [-0.05, 0) is 6.07 Å². The second-order valence-electron chi connectivity index (χ2n) is 3.18. The van der Waals surface area contributed by atoms with Gasteiger partial charge >= 0.3 is 0 Å². The molecular weight excluding hydrogens is 162 g/mol. The van der Waals surface area contributed by atoms with Gasteiger partial charge in [0.15, 0.2) is 0 Å². The van der Waals surface area contributed by atoms with E-state index in [1.54, 1.807) is 7.11 Å². The van der Waals surface area contributed by atoms with Gasteiger partial charge in [-0.1, -0.05) is 24.3 Å². The van der Waals surface area contributed by atoms with E-state index in [2.05, 4.69) is 30.2 Å². The Kier molecular flexibility index (Phi) is 1.97. The number of benzene rings is 1. The van der Waals surface area contributed by atoms with Gasteiger partial charge in [0.05, 0.1) is 12.8 Å². The Bertz CT molecular complexity index is 344. The van der Waals surface area contributed by atoms with E-state index in [1.807, 2.05) is 12.1 Å². The molecule has 0 radical (unpaired) electrons. The Morgan fingerprint density at radius 3 is 3.00 bits per heavy atom. The third-order valence-corrected chi connectivity index (χ3v) is 2.31. The van der Waals surface area contributed by atoms with E-state index < -0.39 is 0 Å². The molecule has 0 spiro atoms. The van der Waals surface area contributed by atoms with Crippen LogP contribution in [0.25, 0.3) is 6.08 Å². The number of likely N-dealkylation sites (N-methyl/N-ethyl adjacent to an activating group) is 1. The number of fused-ring (bicyclic) bond motifs is 1. The maximum absolute atomic E-state index is 5.31. The molecule has 0 aromatic heterocycles. The van der Waals surface area contributed by atoms with Crippen molar-refractivity contribution in [2.45, 2.75) is 0 Å². The lowest BCUT2D eigenvalue weighted by molar-refractivity contribution is 0.415. The van der Waals surface area contributed by atoms with Gasteiger partial charge in [0.25, 0.3) is 0 Å². The molecule has 0 N–H and O–H groups in total. The molecule has 1 aromatic rings. The molecule has 0 bridgehead atoms. The van der Waals surface area contributed by atoms with Gasteiger partial charge in [-0.25, -0.2) is 0 Å². The second-order valence-corrected chi connectivity index (χ2v) is 3.18. The normalized spacial score (nSPS) is 14.2. The summed E-state index contributed by atoms with van der Waals surface area (Å²) in [4.78, 5) is 2.19. The van der Waals surface area contributed by atoms with E-state index in [-0.39, 0.29) is 0 Å². The van der Waals surface area contributed by atoms with E-state index in [9.17, 15) is 0 Å². The lowest BCUT2D eigenvalue weighted by Gasteiger charge is -2.25. The minimum Gasteiger partial charge on any atom is -0.495 e. The number of ether oxygens (including phenoxy) is 1. The SMILES string of the molecule is COc1cccc2c1N(C)CC=C2. The molecule has 2 rings (SSSR count). The molecule has 1 aromatic carbocycles. The Balaban J connectivity index is 2.58. The van der Waals surface area contributed by atoms with Crippen molar-refractivity contribution in [1.29, 1.82) is 0 Å². The summed E-state index contributed by atoms with van der Waals surface area (Å²) in [6, 6.07) is 6.11. The Morgan fingerprint density at radius 2 is 2.23 bits per heavy atom. The summed E-state index contributed by atoms with van der Waals surface area (Å²) in [6.07, 6.45) is 4.29. The van der Waals surface area contributed by atoms with Crippen LogP contribution in [0.1, 0.15) is 5.56 Å². The average Bonchev–Trinajstić information content (AvgIpc) is 2.17. The first-order chi connectivity index (χ1) is 6.33. The number of hydrogen-bond donors (Lipinski definition) is 0. The van der Waals surface area contributed by atoms with Crippen LogP contribution in [-0.2, 0) is 0 Å². The van der Waals surface area contributed by atoms with Crippen molar-refractivity contribution in [3.05, 3.63) is 29.8 Å². The van der Waals surface area contributed by atoms with E-state index in [4.69, 9.17) is 4.74 Å². The summed E-state index contributed by atoms with van der Waals surface area (Å²) in [5.41, 5.74) is 2.42. The predicted octanol–water partition coefficient (Wildman–Crippen LogP) is 2.16. The first-order valence-electron chi connectivity index (χ1n) is 4.37. The zero-order chi connectivity index (χ0) is 9.26. The molecule has 0 fully saturated rings. The molecule has 0 saturated heterocycles. The van der Waals surface area contributed by atoms with Crippen LogP contribution in [0.15, 0.2) is 24.3 Å². The molecule has 0 unspecified atom stereocenters. The van der Waals surface area contributed by atoms with E-state index in [1.165, 1.54) is 11.3 Å². The summed E-state index contributed by atoms with van der Waals surface area (Å²) in [6.45, 7) is 0.952. The monoisotopic (exact) mass is 175 g/mol. The van der Waals surface area contributed by atoms with Gasteiger partial charge in [0.2, 0.25) is 0 Å². The summed E-state index contributed by atoms with van der Waals surface area (Å²) >= 11 is 0. The van der Waals surface area contributed by atoms with Crippen LogP contribution in [0, 0.1) is 0 Å². The van der Waals surface area contributed by atoms with E-state index in [0.29, 0.717) is 0 Å². The van der Waals surface area contributed by atoms with Gasteiger partial charge in [0, 0.05) is 19.2 Å². The predicted molar refractivity (Wildman–Crippen MR) is 55.3 cm³/mol. The summed E-state index contributed by atoms with van der Waals surface area (Å²) < 4.78 is 5.31. The number of anilines is 1. The van der Waals surface area contributed by atoms with Crippen molar-refractivity contribution < 1.29 is 4.74 Å². The Morgan fingerprint density at radius 1 is 1.38 bits per heavy atom. The maximum Gasteiger partial charge on any atom is 0.142 e. The summed E-state index contributed by atoms with van der Waals surface area (Å²) in [5, 5.41) is 0. The summed E-state index contributed by atoms with van der Waals surface area (Å²) in [7, 11) is 3.78. The highest BCUT2D eigenvalue weighted by molar-refractivity contribution is 5.76. The lowest BCUT2D eigenvalue weighted by atomic mass is 10.1. The fourth-order valence-corrected chi connectivity index (χ4v) is 1.68. The molecule has 0 amide bonds. The molecule has 0 aliphatic carbocycles. The molecule has 1 aliphatic rings. The Labute approximate surface area is 78.4 Å². The topological polar surface area (TPSA) is 12.5 Å². The number of para-hydroxylation sites is 1. The molecule has 0 saturated carbocycles. The van der Waals surface area contributed by atoms with Crippen LogP contribution in [0.2, 0.25) is 0 Å². The third kappa shape index (κ3) is 1.28. The van der Waals surface area contributed by atoms with Crippen molar-refractivity contribution >= 4 is 11.8 Å². The van der Waals surface area contributed by atoms with Crippen LogP contribution in [0.3, 0.4) is 0 Å². The van der Waals surface area contributed by atoms with Gasteiger partial charge in [-0.15, -0.1) is 0 Å². The van der Waals surface area contributed by atoms with E-state index in [0.717, 1.165) is 12.3 Å².